The largest absolute Gasteiger partial charge is 0.497 e. The van der Waals surface area contributed by atoms with Crippen molar-refractivity contribution in [2.45, 2.75) is 38.0 Å². The average molecular weight is 417 g/mol. The minimum absolute atomic E-state index is 0.0613. The van der Waals surface area contributed by atoms with Crippen molar-refractivity contribution in [3.63, 3.8) is 0 Å². The van der Waals surface area contributed by atoms with Crippen LogP contribution in [0.25, 0.3) is 11.1 Å². The lowest BCUT2D eigenvalue weighted by molar-refractivity contribution is -0.120. The van der Waals surface area contributed by atoms with Gasteiger partial charge < -0.3 is 10.1 Å². The van der Waals surface area contributed by atoms with E-state index in [0.29, 0.717) is 18.3 Å². The summed E-state index contributed by atoms with van der Waals surface area (Å²) in [7, 11) is 1.64. The first-order valence-electron chi connectivity index (χ1n) is 10.8. The molecule has 0 radical (unpaired) electrons. The van der Waals surface area contributed by atoms with Crippen LogP contribution < -0.4 is 10.1 Å². The molecule has 1 amide bonds. The summed E-state index contributed by atoms with van der Waals surface area (Å²) >= 11 is 0. The van der Waals surface area contributed by atoms with Gasteiger partial charge in [-0.2, -0.15) is 0 Å². The summed E-state index contributed by atoms with van der Waals surface area (Å²) in [5.74, 6) is 1.78. The highest BCUT2D eigenvalue weighted by atomic mass is 16.5. The lowest BCUT2D eigenvalue weighted by Gasteiger charge is -2.29. The Bertz CT molecular complexity index is 1000. The van der Waals surface area contributed by atoms with Crippen LogP contribution in [0.3, 0.4) is 0 Å². The first-order chi connectivity index (χ1) is 15.2. The van der Waals surface area contributed by atoms with Crippen molar-refractivity contribution in [1.82, 2.24) is 20.3 Å². The van der Waals surface area contributed by atoms with Crippen LogP contribution in [0, 0.1) is 5.92 Å². The van der Waals surface area contributed by atoms with E-state index in [1.54, 1.807) is 25.8 Å². The first kappa shape index (κ1) is 21.0. The number of carbonyl (C=O) groups is 1. The Balaban J connectivity index is 1.29. The summed E-state index contributed by atoms with van der Waals surface area (Å²) in [5, 5.41) is 3.12. The topological polar surface area (TPSA) is 77.0 Å². The highest BCUT2D eigenvalue weighted by Gasteiger charge is 2.25. The van der Waals surface area contributed by atoms with E-state index in [-0.39, 0.29) is 5.91 Å². The highest BCUT2D eigenvalue weighted by molar-refractivity contribution is 5.78. The van der Waals surface area contributed by atoms with E-state index in [2.05, 4.69) is 20.3 Å². The maximum Gasteiger partial charge on any atom is 0.224 e. The third-order valence-corrected chi connectivity index (χ3v) is 6.05. The molecule has 1 fully saturated rings. The molecule has 0 bridgehead atoms. The number of hydrogen-bond donors (Lipinski definition) is 1. The van der Waals surface area contributed by atoms with Crippen molar-refractivity contribution in [1.29, 1.82) is 0 Å². The number of hydrogen-bond acceptors (Lipinski definition) is 5. The van der Waals surface area contributed by atoms with Crippen LogP contribution in [-0.2, 0) is 11.2 Å². The normalized spacial score (nSPS) is 18.4. The van der Waals surface area contributed by atoms with Gasteiger partial charge in [-0.25, -0.2) is 9.97 Å². The second-order valence-corrected chi connectivity index (χ2v) is 8.11. The number of benzene rings is 1. The molecule has 31 heavy (non-hydrogen) atoms. The van der Waals surface area contributed by atoms with Crippen LogP contribution in [0.4, 0.5) is 0 Å². The molecule has 0 spiro atoms. The Morgan fingerprint density at radius 2 is 1.90 bits per heavy atom. The van der Waals surface area contributed by atoms with Gasteiger partial charge in [-0.3, -0.25) is 9.78 Å². The predicted molar refractivity (Wildman–Crippen MR) is 120 cm³/mol. The average Bonchev–Trinajstić information content (AvgIpc) is 2.84. The zero-order chi connectivity index (χ0) is 21.5. The number of methoxy groups -OCH3 is 1. The summed E-state index contributed by atoms with van der Waals surface area (Å²) in [4.78, 5) is 25.3. The fourth-order valence-electron chi connectivity index (χ4n) is 4.35. The molecular weight excluding hydrogens is 388 g/mol. The number of pyridine rings is 1. The third kappa shape index (κ3) is 5.45. The molecule has 0 saturated heterocycles. The summed E-state index contributed by atoms with van der Waals surface area (Å²) < 4.78 is 5.23. The molecule has 3 aromatic rings. The summed E-state index contributed by atoms with van der Waals surface area (Å²) in [5.41, 5.74) is 4.30. The van der Waals surface area contributed by atoms with Gasteiger partial charge in [0.15, 0.2) is 0 Å². The SMILES string of the molecule is COc1cccc(CC(=O)NCC2CCC(c3ncncc3-c3ccncc3)CC2)c1. The standard InChI is InChI=1S/C25H28N4O2/c1-31-22-4-2-3-19(13-22)14-24(30)28-15-18-5-7-21(8-6-18)25-23(16-27-17-29-25)20-9-11-26-12-10-20/h2-4,9-13,16-18,21H,5-8,14-15H2,1H3,(H,28,30). The van der Waals surface area contributed by atoms with Crippen LogP contribution in [0.1, 0.15) is 42.9 Å². The van der Waals surface area contributed by atoms with E-state index in [1.165, 1.54) is 0 Å². The van der Waals surface area contributed by atoms with E-state index >= 15 is 0 Å². The fourth-order valence-corrected chi connectivity index (χ4v) is 4.35. The molecule has 6 nitrogen and oxygen atoms in total. The van der Waals surface area contributed by atoms with Gasteiger partial charge in [0.25, 0.3) is 0 Å². The molecule has 0 unspecified atom stereocenters. The zero-order valence-electron chi connectivity index (χ0n) is 17.8. The molecular formula is C25H28N4O2. The maximum absolute atomic E-state index is 12.4. The Morgan fingerprint density at radius 1 is 1.10 bits per heavy atom. The van der Waals surface area contributed by atoms with Crippen LogP contribution in [0.2, 0.25) is 0 Å². The van der Waals surface area contributed by atoms with Gasteiger partial charge in [0.05, 0.1) is 19.2 Å². The molecule has 1 saturated carbocycles. The van der Waals surface area contributed by atoms with Crippen molar-refractivity contribution < 1.29 is 9.53 Å². The second-order valence-electron chi connectivity index (χ2n) is 8.11. The van der Waals surface area contributed by atoms with E-state index in [0.717, 1.165) is 60.4 Å². The van der Waals surface area contributed by atoms with Crippen molar-refractivity contribution in [3.8, 4) is 16.9 Å². The van der Waals surface area contributed by atoms with Crippen molar-refractivity contribution in [2.75, 3.05) is 13.7 Å². The summed E-state index contributed by atoms with van der Waals surface area (Å²) in [6.45, 7) is 0.733. The Hall–Kier alpha value is -3.28. The zero-order valence-corrected chi connectivity index (χ0v) is 17.8. The number of amides is 1. The van der Waals surface area contributed by atoms with Gasteiger partial charge in [0, 0.05) is 36.6 Å². The quantitative estimate of drug-likeness (QED) is 0.625. The van der Waals surface area contributed by atoms with E-state index in [1.807, 2.05) is 42.6 Å². The molecule has 2 heterocycles. The lowest BCUT2D eigenvalue weighted by Crippen LogP contribution is -2.32. The fraction of sp³-hybridized carbons (Fsp3) is 0.360. The molecule has 1 N–H and O–H groups in total. The van der Waals surface area contributed by atoms with Crippen LogP contribution in [0.5, 0.6) is 5.75 Å². The van der Waals surface area contributed by atoms with E-state index in [9.17, 15) is 4.79 Å². The second kappa shape index (κ2) is 10.2. The van der Waals surface area contributed by atoms with Gasteiger partial charge in [0.2, 0.25) is 5.91 Å². The van der Waals surface area contributed by atoms with Gasteiger partial charge in [0.1, 0.15) is 12.1 Å². The Kier molecular flexibility index (Phi) is 6.87. The van der Waals surface area contributed by atoms with Crippen LogP contribution in [-0.4, -0.2) is 34.5 Å². The third-order valence-electron chi connectivity index (χ3n) is 6.05. The molecule has 4 rings (SSSR count). The molecule has 1 aliphatic carbocycles. The Labute approximate surface area is 183 Å². The molecule has 0 atom stereocenters. The van der Waals surface area contributed by atoms with Gasteiger partial charge in [-0.15, -0.1) is 0 Å². The monoisotopic (exact) mass is 416 g/mol. The van der Waals surface area contributed by atoms with Gasteiger partial charge >= 0.3 is 0 Å². The molecule has 1 aromatic carbocycles. The van der Waals surface area contributed by atoms with Crippen LogP contribution in [0.15, 0.2) is 61.3 Å². The van der Waals surface area contributed by atoms with Crippen LogP contribution >= 0.6 is 0 Å². The number of ether oxygens (including phenoxy) is 1. The summed E-state index contributed by atoms with van der Waals surface area (Å²) in [6.07, 6.45) is 11.9. The maximum atomic E-state index is 12.4. The molecule has 0 aliphatic heterocycles. The summed E-state index contributed by atoms with van der Waals surface area (Å²) in [6, 6.07) is 11.7. The van der Waals surface area contributed by atoms with E-state index in [4.69, 9.17) is 4.74 Å². The van der Waals surface area contributed by atoms with Crippen molar-refractivity contribution >= 4 is 5.91 Å². The van der Waals surface area contributed by atoms with Crippen molar-refractivity contribution in [2.24, 2.45) is 5.92 Å². The smallest absolute Gasteiger partial charge is 0.224 e. The number of nitrogens with zero attached hydrogens (tertiary/aromatic N) is 3. The number of carbonyl (C=O) groups excluding carboxylic acids is 1. The Morgan fingerprint density at radius 3 is 2.68 bits per heavy atom. The minimum Gasteiger partial charge on any atom is -0.497 e. The molecule has 6 heteroatoms. The molecule has 160 valence electrons. The van der Waals surface area contributed by atoms with Crippen molar-refractivity contribution in [3.05, 3.63) is 72.6 Å². The van der Waals surface area contributed by atoms with Gasteiger partial charge in [-0.1, -0.05) is 12.1 Å². The van der Waals surface area contributed by atoms with Gasteiger partial charge in [-0.05, 0) is 67.0 Å². The van der Waals surface area contributed by atoms with E-state index < -0.39 is 0 Å². The minimum atomic E-state index is 0.0613. The number of nitrogens with one attached hydrogen (secondary N) is 1. The highest BCUT2D eigenvalue weighted by Crippen LogP contribution is 2.38. The number of rotatable bonds is 7. The molecule has 2 aromatic heterocycles. The predicted octanol–water partition coefficient (Wildman–Crippen LogP) is 4.18. The lowest BCUT2D eigenvalue weighted by atomic mass is 9.79. The first-order valence-corrected chi connectivity index (χ1v) is 10.8. The molecule has 1 aliphatic rings. The number of aromatic nitrogens is 3.